The smallest absolute Gasteiger partial charge is 0.197 e. The second-order valence-electron chi connectivity index (χ2n) is 5.61. The summed E-state index contributed by atoms with van der Waals surface area (Å²) in [6.07, 6.45) is 6.65. The molecule has 110 valence electrons. The van der Waals surface area contributed by atoms with E-state index in [-0.39, 0.29) is 0 Å². The van der Waals surface area contributed by atoms with Crippen LogP contribution in [0.4, 0.5) is 0 Å². The first-order chi connectivity index (χ1) is 10.3. The van der Waals surface area contributed by atoms with Gasteiger partial charge in [0, 0.05) is 24.7 Å². The van der Waals surface area contributed by atoms with Crippen molar-refractivity contribution in [3.05, 3.63) is 28.7 Å². The topological polar surface area (TPSA) is 69.6 Å². The van der Waals surface area contributed by atoms with Gasteiger partial charge in [0.2, 0.25) is 0 Å². The van der Waals surface area contributed by atoms with Gasteiger partial charge < -0.3 is 10.3 Å². The van der Waals surface area contributed by atoms with Gasteiger partial charge >= 0.3 is 0 Å². The molecule has 5 nitrogen and oxygen atoms in total. The number of nitrogens with two attached hydrogens (primary N) is 1. The Bertz CT molecular complexity index is 678. The van der Waals surface area contributed by atoms with E-state index in [0.717, 1.165) is 21.6 Å². The van der Waals surface area contributed by atoms with E-state index in [9.17, 15) is 0 Å². The molecule has 0 amide bonds. The van der Waals surface area contributed by atoms with Crippen molar-refractivity contribution in [2.24, 2.45) is 5.73 Å². The maximum Gasteiger partial charge on any atom is 0.197 e. The molecule has 2 aliphatic rings. The number of pyridine rings is 1. The number of hydrogen-bond acceptors (Lipinski definition) is 5. The SMILES string of the molecule is NCc1ccnc(Sc2nnc(C3CC3)n2C2CC2)c1Cl. The Morgan fingerprint density at radius 1 is 1.29 bits per heavy atom. The largest absolute Gasteiger partial charge is 0.326 e. The predicted octanol–water partition coefficient (Wildman–Crippen LogP) is 3.15. The number of rotatable bonds is 5. The van der Waals surface area contributed by atoms with Gasteiger partial charge in [-0.05, 0) is 49.1 Å². The number of halogens is 1. The number of aromatic nitrogens is 4. The van der Waals surface area contributed by atoms with E-state index in [1.54, 1.807) is 6.20 Å². The van der Waals surface area contributed by atoms with Gasteiger partial charge in [-0.25, -0.2) is 4.98 Å². The summed E-state index contributed by atoms with van der Waals surface area (Å²) in [5.41, 5.74) is 6.61. The first-order valence-electron chi connectivity index (χ1n) is 7.24. The third-order valence-electron chi connectivity index (χ3n) is 3.89. The van der Waals surface area contributed by atoms with E-state index in [1.807, 2.05) is 6.07 Å². The molecule has 4 rings (SSSR count). The molecule has 2 fully saturated rings. The Morgan fingerprint density at radius 3 is 2.76 bits per heavy atom. The molecule has 2 aromatic rings. The van der Waals surface area contributed by atoms with Crippen LogP contribution >= 0.6 is 23.4 Å². The molecule has 0 bridgehead atoms. The highest BCUT2D eigenvalue weighted by molar-refractivity contribution is 7.99. The highest BCUT2D eigenvalue weighted by Gasteiger charge is 2.36. The minimum absolute atomic E-state index is 0.414. The van der Waals surface area contributed by atoms with Crippen molar-refractivity contribution in [1.29, 1.82) is 0 Å². The third-order valence-corrected chi connectivity index (χ3v) is 5.39. The lowest BCUT2D eigenvalue weighted by Crippen LogP contribution is -2.02. The zero-order valence-electron chi connectivity index (χ0n) is 11.5. The molecular formula is C14H16ClN5S. The summed E-state index contributed by atoms with van der Waals surface area (Å²) in [5.74, 6) is 1.75. The quantitative estimate of drug-likeness (QED) is 0.916. The molecular weight excluding hydrogens is 306 g/mol. The van der Waals surface area contributed by atoms with Gasteiger partial charge in [0.1, 0.15) is 10.9 Å². The Morgan fingerprint density at radius 2 is 2.10 bits per heavy atom. The van der Waals surface area contributed by atoms with Gasteiger partial charge in [-0.2, -0.15) is 0 Å². The monoisotopic (exact) mass is 321 g/mol. The van der Waals surface area contributed by atoms with E-state index in [0.29, 0.717) is 23.5 Å². The molecule has 0 spiro atoms. The van der Waals surface area contributed by atoms with Crippen LogP contribution in [-0.4, -0.2) is 19.7 Å². The molecule has 21 heavy (non-hydrogen) atoms. The van der Waals surface area contributed by atoms with Gasteiger partial charge in [-0.15, -0.1) is 10.2 Å². The Kier molecular flexibility index (Phi) is 3.40. The van der Waals surface area contributed by atoms with Crippen LogP contribution in [-0.2, 0) is 6.54 Å². The van der Waals surface area contributed by atoms with Crippen LogP contribution in [0.3, 0.4) is 0 Å². The molecule has 2 aliphatic carbocycles. The lowest BCUT2D eigenvalue weighted by atomic mass is 10.3. The van der Waals surface area contributed by atoms with Crippen molar-refractivity contribution in [2.75, 3.05) is 0 Å². The molecule has 7 heteroatoms. The van der Waals surface area contributed by atoms with Crippen molar-refractivity contribution < 1.29 is 0 Å². The molecule has 0 aliphatic heterocycles. The average molecular weight is 322 g/mol. The van der Waals surface area contributed by atoms with Crippen molar-refractivity contribution in [1.82, 2.24) is 19.7 Å². The normalized spacial score (nSPS) is 18.2. The van der Waals surface area contributed by atoms with Gasteiger partial charge in [0.15, 0.2) is 5.16 Å². The van der Waals surface area contributed by atoms with Crippen LogP contribution in [0.5, 0.6) is 0 Å². The fraction of sp³-hybridized carbons (Fsp3) is 0.500. The molecule has 0 atom stereocenters. The summed E-state index contributed by atoms with van der Waals surface area (Å²) in [6, 6.07) is 2.42. The molecule has 2 N–H and O–H groups in total. The second-order valence-corrected chi connectivity index (χ2v) is 6.95. The summed E-state index contributed by atoms with van der Waals surface area (Å²) in [4.78, 5) is 4.37. The van der Waals surface area contributed by atoms with Crippen molar-refractivity contribution >= 4 is 23.4 Å². The van der Waals surface area contributed by atoms with Crippen molar-refractivity contribution in [3.8, 4) is 0 Å². The molecule has 0 unspecified atom stereocenters. The summed E-state index contributed by atoms with van der Waals surface area (Å²) < 4.78 is 2.30. The van der Waals surface area contributed by atoms with Crippen LogP contribution in [0.2, 0.25) is 5.02 Å². The first-order valence-corrected chi connectivity index (χ1v) is 8.43. The third kappa shape index (κ3) is 2.56. The minimum atomic E-state index is 0.414. The van der Waals surface area contributed by atoms with Crippen LogP contribution in [0.1, 0.15) is 49.0 Å². The van der Waals surface area contributed by atoms with E-state index < -0.39 is 0 Å². The molecule has 2 aromatic heterocycles. The maximum atomic E-state index is 6.37. The zero-order valence-corrected chi connectivity index (χ0v) is 13.1. The summed E-state index contributed by atoms with van der Waals surface area (Å²) >= 11 is 7.86. The van der Waals surface area contributed by atoms with Crippen molar-refractivity contribution in [2.45, 2.75) is 54.4 Å². The second kappa shape index (κ2) is 5.26. The maximum absolute atomic E-state index is 6.37. The minimum Gasteiger partial charge on any atom is -0.326 e. The van der Waals surface area contributed by atoms with E-state index in [2.05, 4.69) is 19.7 Å². The lowest BCUT2D eigenvalue weighted by Gasteiger charge is -2.09. The van der Waals surface area contributed by atoms with Crippen molar-refractivity contribution in [3.63, 3.8) is 0 Å². The van der Waals surface area contributed by atoms with E-state index >= 15 is 0 Å². The Hall–Kier alpha value is -1.11. The summed E-state index contributed by atoms with van der Waals surface area (Å²) in [6.45, 7) is 0.414. The van der Waals surface area contributed by atoms with Crippen LogP contribution in [0, 0.1) is 0 Å². The molecule has 0 radical (unpaired) electrons. The summed E-state index contributed by atoms with van der Waals surface area (Å²) in [7, 11) is 0. The fourth-order valence-electron chi connectivity index (χ4n) is 2.43. The van der Waals surface area contributed by atoms with Crippen LogP contribution in [0.25, 0.3) is 0 Å². The van der Waals surface area contributed by atoms with Gasteiger partial charge in [-0.1, -0.05) is 11.6 Å². The van der Waals surface area contributed by atoms with Gasteiger partial charge in [0.05, 0.1) is 5.02 Å². The molecule has 2 saturated carbocycles. The lowest BCUT2D eigenvalue weighted by molar-refractivity contribution is 0.626. The first kappa shape index (κ1) is 13.5. The predicted molar refractivity (Wildman–Crippen MR) is 81.5 cm³/mol. The van der Waals surface area contributed by atoms with E-state index in [4.69, 9.17) is 17.3 Å². The van der Waals surface area contributed by atoms with Gasteiger partial charge in [0.25, 0.3) is 0 Å². The summed E-state index contributed by atoms with van der Waals surface area (Å²) in [5, 5.41) is 11.1. The van der Waals surface area contributed by atoms with Crippen LogP contribution < -0.4 is 5.73 Å². The Labute approximate surface area is 132 Å². The molecule has 2 heterocycles. The van der Waals surface area contributed by atoms with E-state index in [1.165, 1.54) is 37.4 Å². The van der Waals surface area contributed by atoms with Crippen LogP contribution in [0.15, 0.2) is 22.4 Å². The molecule has 0 saturated heterocycles. The highest BCUT2D eigenvalue weighted by Crippen LogP contribution is 2.47. The standard InChI is InChI=1S/C14H16ClN5S/c15-11-9(7-16)5-6-17-13(11)21-14-19-18-12(8-1-2-8)20(14)10-3-4-10/h5-6,8,10H,1-4,7,16H2. The fourth-order valence-corrected chi connectivity index (χ4v) is 3.67. The van der Waals surface area contributed by atoms with Gasteiger partial charge in [-0.3, -0.25) is 0 Å². The number of nitrogens with zero attached hydrogens (tertiary/aromatic N) is 4. The highest BCUT2D eigenvalue weighted by atomic mass is 35.5. The average Bonchev–Trinajstić information content (AvgIpc) is 3.40. The zero-order chi connectivity index (χ0) is 14.4. The number of hydrogen-bond donors (Lipinski definition) is 1. The molecule has 0 aromatic carbocycles. The Balaban J connectivity index is 1.68.